The first-order chi connectivity index (χ1) is 10.2. The Morgan fingerprint density at radius 2 is 1.91 bits per heavy atom. The number of benzene rings is 1. The van der Waals surface area contributed by atoms with E-state index >= 15 is 0 Å². The van der Waals surface area contributed by atoms with Crippen LogP contribution in [0.25, 0.3) is 0 Å². The molecule has 1 N–H and O–H groups in total. The number of aromatic nitrogens is 1. The molecule has 0 atom stereocenters. The number of sulfonamides is 1. The molecule has 2 aromatic rings. The number of nitrogens with one attached hydrogen (secondary N) is 1. The van der Waals surface area contributed by atoms with Gasteiger partial charge in [0, 0.05) is 24.7 Å². The van der Waals surface area contributed by atoms with Crippen molar-refractivity contribution in [2.75, 3.05) is 19.0 Å². The minimum absolute atomic E-state index is 0.215. The molecule has 22 heavy (non-hydrogen) atoms. The lowest BCUT2D eigenvalue weighted by atomic mass is 10.2. The first kappa shape index (κ1) is 16.9. The van der Waals surface area contributed by atoms with Gasteiger partial charge in [0.1, 0.15) is 5.01 Å². The maximum atomic E-state index is 12.4. The molecule has 1 aromatic carbocycles. The third-order valence-electron chi connectivity index (χ3n) is 3.46. The second-order valence-electron chi connectivity index (χ2n) is 5.42. The highest BCUT2D eigenvalue weighted by Crippen LogP contribution is 2.23. The van der Waals surface area contributed by atoms with Crippen molar-refractivity contribution in [2.45, 2.75) is 32.2 Å². The summed E-state index contributed by atoms with van der Waals surface area (Å²) < 4.78 is 27.5. The van der Waals surface area contributed by atoms with Gasteiger partial charge < -0.3 is 4.90 Å². The lowest BCUT2D eigenvalue weighted by Gasteiger charge is -2.17. The summed E-state index contributed by atoms with van der Waals surface area (Å²) in [5, 5.41) is 0.776. The average molecular weight is 339 g/mol. The fourth-order valence-corrected chi connectivity index (χ4v) is 4.07. The van der Waals surface area contributed by atoms with E-state index in [0.717, 1.165) is 26.8 Å². The number of thiazole rings is 1. The van der Waals surface area contributed by atoms with Crippen LogP contribution in [0.3, 0.4) is 0 Å². The summed E-state index contributed by atoms with van der Waals surface area (Å²) in [6, 6.07) is 5.14. The summed E-state index contributed by atoms with van der Waals surface area (Å²) in [6.07, 6.45) is 0. The molecular formula is C15H21N3O2S2. The van der Waals surface area contributed by atoms with Crippen LogP contribution >= 0.6 is 11.3 Å². The van der Waals surface area contributed by atoms with Crippen LogP contribution in [0.15, 0.2) is 23.1 Å². The number of rotatable bonds is 5. The molecule has 0 bridgehead atoms. The number of nitrogens with zero attached hydrogens (tertiary/aromatic N) is 2. The van der Waals surface area contributed by atoms with E-state index in [4.69, 9.17) is 0 Å². The monoisotopic (exact) mass is 339 g/mol. The Kier molecular flexibility index (Phi) is 4.89. The van der Waals surface area contributed by atoms with Gasteiger partial charge in [0.15, 0.2) is 0 Å². The molecular weight excluding hydrogens is 318 g/mol. The summed E-state index contributed by atoms with van der Waals surface area (Å²) in [5.41, 5.74) is 2.88. The predicted octanol–water partition coefficient (Wildman–Crippen LogP) is 2.61. The average Bonchev–Trinajstić information content (AvgIpc) is 2.76. The van der Waals surface area contributed by atoms with Gasteiger partial charge in [-0.25, -0.2) is 18.1 Å². The van der Waals surface area contributed by atoms with Crippen LogP contribution in [-0.2, 0) is 16.6 Å². The van der Waals surface area contributed by atoms with Crippen LogP contribution in [0.2, 0.25) is 0 Å². The van der Waals surface area contributed by atoms with Crippen molar-refractivity contribution in [2.24, 2.45) is 0 Å². The molecule has 0 aliphatic heterocycles. The normalized spacial score (nSPS) is 11.7. The predicted molar refractivity (Wildman–Crippen MR) is 91.1 cm³/mol. The Bertz CT molecular complexity index is 761. The van der Waals surface area contributed by atoms with Gasteiger partial charge in [-0.15, -0.1) is 11.3 Å². The van der Waals surface area contributed by atoms with Gasteiger partial charge in [0.25, 0.3) is 0 Å². The van der Waals surface area contributed by atoms with Crippen molar-refractivity contribution in [1.29, 1.82) is 0 Å². The summed E-state index contributed by atoms with van der Waals surface area (Å²) in [6.45, 7) is 6.08. The zero-order chi connectivity index (χ0) is 16.5. The van der Waals surface area contributed by atoms with Crippen molar-refractivity contribution in [3.8, 4) is 0 Å². The zero-order valence-corrected chi connectivity index (χ0v) is 15.1. The topological polar surface area (TPSA) is 62.3 Å². The second kappa shape index (κ2) is 6.36. The fourth-order valence-electron chi connectivity index (χ4n) is 2.09. The number of anilines is 1. The fraction of sp³-hybridized carbons (Fsp3) is 0.400. The Morgan fingerprint density at radius 1 is 1.23 bits per heavy atom. The van der Waals surface area contributed by atoms with Crippen molar-refractivity contribution in [3.05, 3.63) is 39.3 Å². The maximum absolute atomic E-state index is 12.4. The van der Waals surface area contributed by atoms with E-state index in [-0.39, 0.29) is 11.4 Å². The lowest BCUT2D eigenvalue weighted by Crippen LogP contribution is -2.23. The van der Waals surface area contributed by atoms with Gasteiger partial charge in [-0.1, -0.05) is 6.07 Å². The highest BCUT2D eigenvalue weighted by atomic mass is 32.2. The van der Waals surface area contributed by atoms with Crippen LogP contribution in [0.1, 0.15) is 21.1 Å². The third kappa shape index (κ3) is 3.66. The molecule has 0 radical (unpaired) electrons. The minimum Gasteiger partial charge on any atom is -0.377 e. The number of hydrogen-bond donors (Lipinski definition) is 1. The smallest absolute Gasteiger partial charge is 0.241 e. The Hall–Kier alpha value is -1.44. The van der Waals surface area contributed by atoms with Crippen LogP contribution in [0.5, 0.6) is 0 Å². The van der Waals surface area contributed by atoms with Gasteiger partial charge in [-0.05, 0) is 38.5 Å². The van der Waals surface area contributed by atoms with Gasteiger partial charge in [0.05, 0.1) is 17.1 Å². The summed E-state index contributed by atoms with van der Waals surface area (Å²) in [7, 11) is 0.247. The zero-order valence-electron chi connectivity index (χ0n) is 13.5. The van der Waals surface area contributed by atoms with Gasteiger partial charge in [-0.3, -0.25) is 0 Å². The Morgan fingerprint density at radius 3 is 2.45 bits per heavy atom. The molecule has 2 rings (SSSR count). The molecule has 0 amide bonds. The quantitative estimate of drug-likeness (QED) is 0.909. The molecule has 0 aliphatic rings. The number of aryl methyl sites for hydroxylation is 3. The van der Waals surface area contributed by atoms with Crippen LogP contribution in [-0.4, -0.2) is 27.5 Å². The van der Waals surface area contributed by atoms with Gasteiger partial charge in [0.2, 0.25) is 10.0 Å². The van der Waals surface area contributed by atoms with E-state index < -0.39 is 10.0 Å². The molecule has 0 fully saturated rings. The molecule has 0 aliphatic carbocycles. The van der Waals surface area contributed by atoms with Crippen molar-refractivity contribution in [1.82, 2.24) is 9.71 Å². The van der Waals surface area contributed by atoms with Gasteiger partial charge >= 0.3 is 0 Å². The SMILES string of the molecule is Cc1ccc(S(=O)(=O)NCc2nc(C)c(C)s2)cc1N(C)C. The number of hydrogen-bond acceptors (Lipinski definition) is 5. The van der Waals surface area contributed by atoms with E-state index in [2.05, 4.69) is 9.71 Å². The molecule has 1 aromatic heterocycles. The van der Waals surface area contributed by atoms with Crippen LogP contribution < -0.4 is 9.62 Å². The third-order valence-corrected chi connectivity index (χ3v) is 5.93. The molecule has 0 saturated carbocycles. The molecule has 120 valence electrons. The van der Waals surface area contributed by atoms with Crippen molar-refractivity contribution in [3.63, 3.8) is 0 Å². The molecule has 1 heterocycles. The minimum atomic E-state index is -3.54. The van der Waals surface area contributed by atoms with Crippen molar-refractivity contribution < 1.29 is 8.42 Å². The summed E-state index contributed by atoms with van der Waals surface area (Å²) in [5.74, 6) is 0. The largest absolute Gasteiger partial charge is 0.377 e. The molecule has 7 heteroatoms. The standard InChI is InChI=1S/C15H21N3O2S2/c1-10-6-7-13(8-14(10)18(4)5)22(19,20)16-9-15-17-11(2)12(3)21-15/h6-8,16H,9H2,1-5H3. The van der Waals surface area contributed by atoms with Gasteiger partial charge in [-0.2, -0.15) is 0 Å². The van der Waals surface area contributed by atoms with E-state index in [9.17, 15) is 8.42 Å². The first-order valence-corrected chi connectivity index (χ1v) is 9.21. The lowest BCUT2D eigenvalue weighted by molar-refractivity contribution is 0.581. The van der Waals surface area contributed by atoms with E-state index in [1.807, 2.05) is 45.8 Å². The highest BCUT2D eigenvalue weighted by Gasteiger charge is 2.17. The van der Waals surface area contributed by atoms with Crippen molar-refractivity contribution >= 4 is 27.0 Å². The Labute approximate surface area is 136 Å². The first-order valence-electron chi connectivity index (χ1n) is 6.91. The molecule has 0 saturated heterocycles. The highest BCUT2D eigenvalue weighted by molar-refractivity contribution is 7.89. The van der Waals surface area contributed by atoms with Crippen LogP contribution in [0.4, 0.5) is 5.69 Å². The summed E-state index contributed by atoms with van der Waals surface area (Å²) >= 11 is 1.51. The maximum Gasteiger partial charge on any atom is 0.241 e. The van der Waals surface area contributed by atoms with E-state index in [0.29, 0.717) is 0 Å². The van der Waals surface area contributed by atoms with E-state index in [1.54, 1.807) is 12.1 Å². The van der Waals surface area contributed by atoms with E-state index in [1.165, 1.54) is 11.3 Å². The second-order valence-corrected chi connectivity index (χ2v) is 8.47. The van der Waals surface area contributed by atoms with Crippen LogP contribution in [0, 0.1) is 20.8 Å². The molecule has 0 unspecified atom stereocenters. The molecule has 5 nitrogen and oxygen atoms in total. The summed E-state index contributed by atoms with van der Waals surface area (Å²) in [4.78, 5) is 7.64. The molecule has 0 spiro atoms. The Balaban J connectivity index is 2.21.